The molecule has 61 heavy (non-hydrogen) atoms. The molecule has 0 atom stereocenters. The minimum atomic E-state index is -0.242. The molecule has 2 aliphatic carbocycles. The standard InChI is InChI=1S/C60H43N/c1-59(2)51-35-52(44-24-12-15-27-47(44)54(51)55-46-26-14-9-21-41(46)43-23-11-17-29-49(43)58(55)59)61(37-18-6-5-7-19-37)38-31-33-39-36(34-38)30-32-50-53-45-25-13-8-20-40(45)42-22-10-16-28-48(42)57(53)60(3,4)56(39)50/h5-35H,1-4H3. The zero-order valence-corrected chi connectivity index (χ0v) is 34.8. The minimum absolute atomic E-state index is 0.195. The molecule has 11 aromatic carbocycles. The topological polar surface area (TPSA) is 3.24 Å². The monoisotopic (exact) mass is 777 g/mol. The zero-order chi connectivity index (χ0) is 40.8. The Balaban J connectivity index is 1.06. The van der Waals surface area contributed by atoms with Gasteiger partial charge in [0, 0.05) is 27.6 Å². The molecule has 0 radical (unpaired) electrons. The molecular weight excluding hydrogens is 735 g/mol. The molecule has 0 N–H and O–H groups in total. The van der Waals surface area contributed by atoms with Gasteiger partial charge in [0.05, 0.1) is 5.69 Å². The van der Waals surface area contributed by atoms with Crippen molar-refractivity contribution in [3.8, 4) is 22.3 Å². The van der Waals surface area contributed by atoms with Crippen LogP contribution in [0.4, 0.5) is 17.1 Å². The van der Waals surface area contributed by atoms with E-state index in [0.717, 1.165) is 11.4 Å². The highest BCUT2D eigenvalue weighted by molar-refractivity contribution is 6.23. The average Bonchev–Trinajstić information content (AvgIpc) is 3.70. The van der Waals surface area contributed by atoms with E-state index >= 15 is 0 Å². The second kappa shape index (κ2) is 12.2. The number of rotatable bonds is 3. The predicted octanol–water partition coefficient (Wildman–Crippen LogP) is 16.7. The molecule has 0 aromatic heterocycles. The molecule has 1 heteroatoms. The Kier molecular flexibility index (Phi) is 6.91. The van der Waals surface area contributed by atoms with E-state index in [-0.39, 0.29) is 10.8 Å². The molecule has 1 nitrogen and oxygen atoms in total. The van der Waals surface area contributed by atoms with Crippen molar-refractivity contribution >= 4 is 81.7 Å². The van der Waals surface area contributed by atoms with Crippen LogP contribution in [0.2, 0.25) is 0 Å². The van der Waals surface area contributed by atoms with E-state index in [2.05, 4.69) is 221 Å². The highest BCUT2D eigenvalue weighted by Crippen LogP contribution is 2.60. The zero-order valence-electron chi connectivity index (χ0n) is 34.8. The fourth-order valence-electron chi connectivity index (χ4n) is 12.0. The van der Waals surface area contributed by atoms with Gasteiger partial charge in [-0.2, -0.15) is 0 Å². The van der Waals surface area contributed by atoms with Gasteiger partial charge in [0.2, 0.25) is 0 Å². The van der Waals surface area contributed by atoms with Gasteiger partial charge >= 0.3 is 0 Å². The summed E-state index contributed by atoms with van der Waals surface area (Å²) >= 11 is 0. The number of para-hydroxylation sites is 1. The van der Waals surface area contributed by atoms with Crippen molar-refractivity contribution in [2.75, 3.05) is 4.90 Å². The maximum Gasteiger partial charge on any atom is 0.0543 e. The molecule has 288 valence electrons. The third-order valence-corrected chi connectivity index (χ3v) is 14.5. The van der Waals surface area contributed by atoms with Gasteiger partial charge in [0.1, 0.15) is 0 Å². The van der Waals surface area contributed by atoms with Crippen LogP contribution in [0.1, 0.15) is 49.9 Å². The normalized spacial score (nSPS) is 14.5. The Morgan fingerprint density at radius 1 is 0.311 bits per heavy atom. The maximum absolute atomic E-state index is 2.52. The molecule has 2 aliphatic rings. The van der Waals surface area contributed by atoms with Crippen molar-refractivity contribution in [2.24, 2.45) is 0 Å². The van der Waals surface area contributed by atoms with Crippen LogP contribution < -0.4 is 4.90 Å². The van der Waals surface area contributed by atoms with E-state index in [9.17, 15) is 0 Å². The molecular formula is C60H43N. The van der Waals surface area contributed by atoms with Crippen molar-refractivity contribution in [3.05, 3.63) is 210 Å². The maximum atomic E-state index is 2.52. The summed E-state index contributed by atoms with van der Waals surface area (Å²) in [6, 6.07) is 70.6. The van der Waals surface area contributed by atoms with Gasteiger partial charge in [-0.25, -0.2) is 0 Å². The third-order valence-electron chi connectivity index (χ3n) is 14.5. The first-order chi connectivity index (χ1) is 29.8. The van der Waals surface area contributed by atoms with Crippen molar-refractivity contribution in [3.63, 3.8) is 0 Å². The summed E-state index contributed by atoms with van der Waals surface area (Å²) in [5.74, 6) is 0. The van der Waals surface area contributed by atoms with Crippen LogP contribution in [0.5, 0.6) is 0 Å². The second-order valence-corrected chi connectivity index (χ2v) is 18.4. The van der Waals surface area contributed by atoms with E-state index in [4.69, 9.17) is 0 Å². The van der Waals surface area contributed by atoms with Crippen LogP contribution in [0, 0.1) is 0 Å². The first-order valence-corrected chi connectivity index (χ1v) is 21.7. The fraction of sp³-hybridized carbons (Fsp3) is 0.100. The lowest BCUT2D eigenvalue weighted by atomic mass is 9.78. The van der Waals surface area contributed by atoms with E-state index in [1.165, 1.54) is 115 Å². The fourth-order valence-corrected chi connectivity index (χ4v) is 12.0. The summed E-state index contributed by atoms with van der Waals surface area (Å²) in [7, 11) is 0. The molecule has 0 aliphatic heterocycles. The quantitative estimate of drug-likeness (QED) is 0.162. The molecule has 0 spiro atoms. The predicted molar refractivity (Wildman–Crippen MR) is 261 cm³/mol. The summed E-state index contributed by atoms with van der Waals surface area (Å²) in [6.45, 7) is 9.75. The van der Waals surface area contributed by atoms with Crippen LogP contribution in [0.15, 0.2) is 188 Å². The lowest BCUT2D eigenvalue weighted by Gasteiger charge is -2.30. The van der Waals surface area contributed by atoms with Gasteiger partial charge in [-0.05, 0) is 134 Å². The molecule has 0 unspecified atom stereocenters. The number of hydrogen-bond acceptors (Lipinski definition) is 1. The number of nitrogens with zero attached hydrogens (tertiary/aromatic N) is 1. The van der Waals surface area contributed by atoms with Gasteiger partial charge in [0.25, 0.3) is 0 Å². The highest BCUT2D eigenvalue weighted by atomic mass is 15.1. The minimum Gasteiger partial charge on any atom is -0.310 e. The number of fused-ring (bicyclic) bond motifs is 20. The smallest absolute Gasteiger partial charge is 0.0543 e. The van der Waals surface area contributed by atoms with E-state index in [1.807, 2.05) is 0 Å². The molecule has 13 rings (SSSR count). The molecule has 0 fully saturated rings. The van der Waals surface area contributed by atoms with Crippen LogP contribution in [-0.2, 0) is 10.8 Å². The molecule has 0 heterocycles. The molecule has 0 saturated heterocycles. The van der Waals surface area contributed by atoms with Gasteiger partial charge in [-0.1, -0.05) is 185 Å². The molecule has 11 aromatic rings. The van der Waals surface area contributed by atoms with Gasteiger partial charge in [-0.3, -0.25) is 0 Å². The number of hydrogen-bond donors (Lipinski definition) is 0. The Morgan fingerprint density at radius 3 is 1.39 bits per heavy atom. The Morgan fingerprint density at radius 2 is 0.787 bits per heavy atom. The lowest BCUT2D eigenvalue weighted by molar-refractivity contribution is 0.667. The molecule has 0 amide bonds. The van der Waals surface area contributed by atoms with Crippen molar-refractivity contribution < 1.29 is 0 Å². The number of benzene rings is 11. The summed E-state index contributed by atoms with van der Waals surface area (Å²) in [4.78, 5) is 2.51. The van der Waals surface area contributed by atoms with Gasteiger partial charge in [-0.15, -0.1) is 0 Å². The Labute approximate surface area is 356 Å². The lowest BCUT2D eigenvalue weighted by Crippen LogP contribution is -2.17. The SMILES string of the molecule is CC1(C)c2cc(N(c3ccccc3)c3ccc4c5c(ccc4c3)-c3c(c4ccccc4c4ccccc34)C5(C)C)c3ccccc3c2-c2c1c1ccccc1c1ccccc21. The van der Waals surface area contributed by atoms with Crippen LogP contribution in [0.3, 0.4) is 0 Å². The van der Waals surface area contributed by atoms with E-state index in [1.54, 1.807) is 0 Å². The molecule has 0 bridgehead atoms. The second-order valence-electron chi connectivity index (χ2n) is 18.4. The van der Waals surface area contributed by atoms with Crippen molar-refractivity contribution in [1.29, 1.82) is 0 Å². The first kappa shape index (κ1) is 34.6. The summed E-state index contributed by atoms with van der Waals surface area (Å²) < 4.78 is 0. The first-order valence-electron chi connectivity index (χ1n) is 21.7. The van der Waals surface area contributed by atoms with E-state index in [0.29, 0.717) is 0 Å². The summed E-state index contributed by atoms with van der Waals surface area (Å²) in [5, 5.41) is 15.8. The molecule has 0 saturated carbocycles. The summed E-state index contributed by atoms with van der Waals surface area (Å²) in [5.41, 5.74) is 14.2. The summed E-state index contributed by atoms with van der Waals surface area (Å²) in [6.07, 6.45) is 0. The van der Waals surface area contributed by atoms with Crippen molar-refractivity contribution in [2.45, 2.75) is 38.5 Å². The number of anilines is 3. The van der Waals surface area contributed by atoms with Gasteiger partial charge < -0.3 is 4.90 Å². The van der Waals surface area contributed by atoms with Crippen LogP contribution in [-0.4, -0.2) is 0 Å². The van der Waals surface area contributed by atoms with Crippen LogP contribution >= 0.6 is 0 Å². The Hall–Kier alpha value is -7.22. The van der Waals surface area contributed by atoms with Crippen LogP contribution in [0.25, 0.3) is 86.9 Å². The largest absolute Gasteiger partial charge is 0.310 e. The Bertz CT molecular complexity index is 3700. The van der Waals surface area contributed by atoms with E-state index < -0.39 is 0 Å². The van der Waals surface area contributed by atoms with Crippen molar-refractivity contribution in [1.82, 2.24) is 0 Å². The van der Waals surface area contributed by atoms with Gasteiger partial charge in [0.15, 0.2) is 0 Å². The third kappa shape index (κ3) is 4.51. The highest BCUT2D eigenvalue weighted by Gasteiger charge is 2.42. The average molecular weight is 778 g/mol.